The standard InChI is InChI=1S/C13H20N4O3/c1-8(2)12-15-7-9(11(16-12)13(19)20)14-6-5-10(18)17(3)4/h7-8,14H,5-6H2,1-4H3,(H,19,20). The number of carboxylic acids is 1. The first-order chi connectivity index (χ1) is 9.32. The Bertz CT molecular complexity index is 500. The number of anilines is 1. The van der Waals surface area contributed by atoms with Crippen molar-refractivity contribution in [1.82, 2.24) is 14.9 Å². The lowest BCUT2D eigenvalue weighted by atomic mass is 10.2. The molecule has 1 amide bonds. The molecule has 0 aliphatic carbocycles. The van der Waals surface area contributed by atoms with E-state index < -0.39 is 5.97 Å². The Morgan fingerprint density at radius 3 is 2.55 bits per heavy atom. The van der Waals surface area contributed by atoms with Gasteiger partial charge in [0.05, 0.1) is 11.9 Å². The van der Waals surface area contributed by atoms with Gasteiger partial charge in [0.1, 0.15) is 5.82 Å². The molecule has 20 heavy (non-hydrogen) atoms. The van der Waals surface area contributed by atoms with Crippen LogP contribution in [0.3, 0.4) is 0 Å². The van der Waals surface area contributed by atoms with Crippen molar-refractivity contribution in [3.63, 3.8) is 0 Å². The molecule has 0 bridgehead atoms. The highest BCUT2D eigenvalue weighted by molar-refractivity contribution is 5.91. The van der Waals surface area contributed by atoms with Crippen LogP contribution >= 0.6 is 0 Å². The van der Waals surface area contributed by atoms with Crippen molar-refractivity contribution in [1.29, 1.82) is 0 Å². The second kappa shape index (κ2) is 6.83. The van der Waals surface area contributed by atoms with Crippen molar-refractivity contribution < 1.29 is 14.7 Å². The lowest BCUT2D eigenvalue weighted by molar-refractivity contribution is -0.128. The Labute approximate surface area is 118 Å². The molecule has 0 aliphatic heterocycles. The van der Waals surface area contributed by atoms with Crippen molar-refractivity contribution in [2.75, 3.05) is 26.0 Å². The molecule has 0 atom stereocenters. The molecule has 0 saturated carbocycles. The van der Waals surface area contributed by atoms with Crippen LogP contribution in [0.4, 0.5) is 5.69 Å². The van der Waals surface area contributed by atoms with E-state index in [9.17, 15) is 9.59 Å². The predicted molar refractivity (Wildman–Crippen MR) is 74.9 cm³/mol. The van der Waals surface area contributed by atoms with Gasteiger partial charge in [0.2, 0.25) is 5.91 Å². The molecule has 0 aromatic carbocycles. The van der Waals surface area contributed by atoms with E-state index >= 15 is 0 Å². The highest BCUT2D eigenvalue weighted by Gasteiger charge is 2.15. The lowest BCUT2D eigenvalue weighted by Gasteiger charge is -2.13. The summed E-state index contributed by atoms with van der Waals surface area (Å²) in [5, 5.41) is 12.1. The Kier molecular flexibility index (Phi) is 5.42. The number of carbonyl (C=O) groups excluding carboxylic acids is 1. The van der Waals surface area contributed by atoms with Gasteiger partial charge >= 0.3 is 5.97 Å². The zero-order valence-electron chi connectivity index (χ0n) is 12.2. The molecule has 0 unspecified atom stereocenters. The molecule has 0 radical (unpaired) electrons. The van der Waals surface area contributed by atoms with Crippen LogP contribution in [0.25, 0.3) is 0 Å². The van der Waals surface area contributed by atoms with Gasteiger partial charge in [-0.2, -0.15) is 0 Å². The van der Waals surface area contributed by atoms with Crippen LogP contribution in [-0.4, -0.2) is 52.5 Å². The molecule has 1 aromatic rings. The van der Waals surface area contributed by atoms with Crippen LogP contribution in [0.1, 0.15) is 42.5 Å². The second-order valence-electron chi connectivity index (χ2n) is 4.92. The van der Waals surface area contributed by atoms with Crippen LogP contribution in [0.15, 0.2) is 6.20 Å². The number of aromatic nitrogens is 2. The topological polar surface area (TPSA) is 95.4 Å². The number of carbonyl (C=O) groups is 2. The van der Waals surface area contributed by atoms with E-state index in [-0.39, 0.29) is 23.9 Å². The lowest BCUT2D eigenvalue weighted by Crippen LogP contribution is -2.24. The minimum Gasteiger partial charge on any atom is -0.476 e. The third kappa shape index (κ3) is 4.18. The molecular weight excluding hydrogens is 260 g/mol. The Balaban J connectivity index is 2.79. The Morgan fingerprint density at radius 1 is 1.40 bits per heavy atom. The van der Waals surface area contributed by atoms with Crippen molar-refractivity contribution in [3.8, 4) is 0 Å². The molecule has 0 fully saturated rings. The van der Waals surface area contributed by atoms with Gasteiger partial charge in [0.25, 0.3) is 0 Å². The SMILES string of the molecule is CC(C)c1ncc(NCCC(=O)N(C)C)c(C(=O)O)n1. The number of aromatic carboxylic acids is 1. The molecule has 1 aromatic heterocycles. The first-order valence-electron chi connectivity index (χ1n) is 6.37. The summed E-state index contributed by atoms with van der Waals surface area (Å²) in [5.41, 5.74) is 0.259. The molecule has 7 nitrogen and oxygen atoms in total. The fourth-order valence-corrected chi connectivity index (χ4v) is 1.49. The summed E-state index contributed by atoms with van der Waals surface area (Å²) in [4.78, 5) is 32.3. The summed E-state index contributed by atoms with van der Waals surface area (Å²) in [6.45, 7) is 4.12. The van der Waals surface area contributed by atoms with Gasteiger partial charge < -0.3 is 15.3 Å². The number of rotatable bonds is 6. The summed E-state index contributed by atoms with van der Waals surface area (Å²) < 4.78 is 0. The first-order valence-corrected chi connectivity index (χ1v) is 6.37. The van der Waals surface area contributed by atoms with Gasteiger partial charge in [-0.25, -0.2) is 14.8 Å². The number of hydrogen-bond donors (Lipinski definition) is 2. The molecule has 0 spiro atoms. The third-order valence-electron chi connectivity index (χ3n) is 2.68. The van der Waals surface area contributed by atoms with Gasteiger partial charge in [0, 0.05) is 33.0 Å². The minimum atomic E-state index is -1.12. The van der Waals surface area contributed by atoms with Crippen LogP contribution in [0.5, 0.6) is 0 Å². The fraction of sp³-hybridized carbons (Fsp3) is 0.538. The van der Waals surface area contributed by atoms with Gasteiger partial charge in [-0.1, -0.05) is 13.8 Å². The first kappa shape index (κ1) is 15.9. The second-order valence-corrected chi connectivity index (χ2v) is 4.92. The maximum Gasteiger partial charge on any atom is 0.356 e. The molecule has 0 aliphatic rings. The van der Waals surface area contributed by atoms with Crippen LogP contribution < -0.4 is 5.32 Å². The largest absolute Gasteiger partial charge is 0.476 e. The number of amides is 1. The Hall–Kier alpha value is -2.18. The van der Waals surface area contributed by atoms with Crippen molar-refractivity contribution in [3.05, 3.63) is 17.7 Å². The van der Waals surface area contributed by atoms with Gasteiger partial charge in [-0.05, 0) is 0 Å². The molecule has 0 saturated heterocycles. The van der Waals surface area contributed by atoms with E-state index in [1.54, 1.807) is 14.1 Å². The summed E-state index contributed by atoms with van der Waals surface area (Å²) in [7, 11) is 3.34. The van der Waals surface area contributed by atoms with Crippen molar-refractivity contribution in [2.45, 2.75) is 26.2 Å². The van der Waals surface area contributed by atoms with Crippen LogP contribution in [0, 0.1) is 0 Å². The Morgan fingerprint density at radius 2 is 2.05 bits per heavy atom. The summed E-state index contributed by atoms with van der Waals surface area (Å²) in [6.07, 6.45) is 1.73. The van der Waals surface area contributed by atoms with Gasteiger partial charge in [0.15, 0.2) is 5.69 Å². The molecule has 1 rings (SSSR count). The van der Waals surface area contributed by atoms with E-state index in [2.05, 4.69) is 15.3 Å². The molecule has 1 heterocycles. The smallest absolute Gasteiger partial charge is 0.356 e. The van der Waals surface area contributed by atoms with E-state index in [0.717, 1.165) is 0 Å². The van der Waals surface area contributed by atoms with Crippen molar-refractivity contribution in [2.24, 2.45) is 0 Å². The van der Waals surface area contributed by atoms with Gasteiger partial charge in [-0.15, -0.1) is 0 Å². The van der Waals surface area contributed by atoms with E-state index in [1.807, 2.05) is 13.8 Å². The third-order valence-corrected chi connectivity index (χ3v) is 2.68. The molecule has 7 heteroatoms. The molecule has 110 valence electrons. The predicted octanol–water partition coefficient (Wildman–Crippen LogP) is 1.19. The zero-order valence-corrected chi connectivity index (χ0v) is 12.2. The number of carboxylic acid groups (broad SMARTS) is 1. The number of hydrogen-bond acceptors (Lipinski definition) is 5. The highest BCUT2D eigenvalue weighted by Crippen LogP contribution is 2.16. The van der Waals surface area contributed by atoms with E-state index in [0.29, 0.717) is 18.1 Å². The van der Waals surface area contributed by atoms with E-state index in [1.165, 1.54) is 11.1 Å². The molecular formula is C13H20N4O3. The average Bonchev–Trinajstić information content (AvgIpc) is 2.38. The van der Waals surface area contributed by atoms with Crippen LogP contribution in [0.2, 0.25) is 0 Å². The van der Waals surface area contributed by atoms with E-state index in [4.69, 9.17) is 5.11 Å². The average molecular weight is 280 g/mol. The summed E-state index contributed by atoms with van der Waals surface area (Å²) in [5.74, 6) is -0.611. The maximum atomic E-state index is 11.4. The summed E-state index contributed by atoms with van der Waals surface area (Å²) >= 11 is 0. The monoisotopic (exact) mass is 280 g/mol. The maximum absolute atomic E-state index is 11.4. The normalized spacial score (nSPS) is 10.4. The van der Waals surface area contributed by atoms with Crippen LogP contribution in [-0.2, 0) is 4.79 Å². The highest BCUT2D eigenvalue weighted by atomic mass is 16.4. The molecule has 2 N–H and O–H groups in total. The number of nitrogens with one attached hydrogen (secondary N) is 1. The quantitative estimate of drug-likeness (QED) is 0.812. The number of nitrogens with zero attached hydrogens (tertiary/aromatic N) is 3. The summed E-state index contributed by atoms with van der Waals surface area (Å²) in [6, 6.07) is 0. The van der Waals surface area contributed by atoms with Crippen molar-refractivity contribution >= 4 is 17.6 Å². The van der Waals surface area contributed by atoms with Gasteiger partial charge in [-0.3, -0.25) is 4.79 Å². The zero-order chi connectivity index (χ0) is 15.3. The minimum absolute atomic E-state index is 0.0332. The fourth-order valence-electron chi connectivity index (χ4n) is 1.49.